The Kier molecular flexibility index (Phi) is 5.08. The fourth-order valence-corrected chi connectivity index (χ4v) is 3.31. The number of hydrazone groups is 1. The minimum Gasteiger partial charge on any atom is -0.496 e. The molecular formula is C18H14N2O2S2. The second-order valence-corrected chi connectivity index (χ2v) is 6.57. The van der Waals surface area contributed by atoms with Crippen LogP contribution in [-0.2, 0) is 4.79 Å². The van der Waals surface area contributed by atoms with Gasteiger partial charge in [-0.1, -0.05) is 60.3 Å². The number of hydrogen-bond donors (Lipinski definition) is 0. The lowest BCUT2D eigenvalue weighted by Gasteiger charge is -2.06. The van der Waals surface area contributed by atoms with Crippen molar-refractivity contribution in [1.82, 2.24) is 5.01 Å². The number of nitrogens with zero attached hydrogens (tertiary/aromatic N) is 2. The second kappa shape index (κ2) is 7.42. The Morgan fingerprint density at radius 2 is 1.83 bits per heavy atom. The van der Waals surface area contributed by atoms with Gasteiger partial charge in [0, 0.05) is 5.56 Å². The maximum absolute atomic E-state index is 12.5. The number of rotatable bonds is 4. The first-order chi connectivity index (χ1) is 11.7. The molecular weight excluding hydrogens is 340 g/mol. The van der Waals surface area contributed by atoms with Gasteiger partial charge in [0.25, 0.3) is 5.91 Å². The van der Waals surface area contributed by atoms with Crippen LogP contribution in [0.4, 0.5) is 0 Å². The molecule has 3 rings (SSSR count). The van der Waals surface area contributed by atoms with Gasteiger partial charge in [-0.15, -0.1) is 0 Å². The lowest BCUT2D eigenvalue weighted by atomic mass is 10.2. The van der Waals surface area contributed by atoms with E-state index in [-0.39, 0.29) is 5.91 Å². The Morgan fingerprint density at radius 3 is 2.58 bits per heavy atom. The minimum atomic E-state index is -0.233. The van der Waals surface area contributed by atoms with Crippen LogP contribution in [0.1, 0.15) is 11.1 Å². The summed E-state index contributed by atoms with van der Waals surface area (Å²) >= 11 is 6.50. The van der Waals surface area contributed by atoms with E-state index in [4.69, 9.17) is 17.0 Å². The summed E-state index contributed by atoms with van der Waals surface area (Å²) in [6, 6.07) is 17.1. The standard InChI is InChI=1S/C18H14N2O2S2/c1-22-15-10-6-5-9-14(15)11-16-17(21)20(18(23)24-16)19-12-13-7-3-2-4-8-13/h2-12H,1H3. The summed E-state index contributed by atoms with van der Waals surface area (Å²) in [4.78, 5) is 13.1. The first kappa shape index (κ1) is 16.4. The number of methoxy groups -OCH3 is 1. The minimum absolute atomic E-state index is 0.233. The van der Waals surface area contributed by atoms with E-state index >= 15 is 0 Å². The van der Waals surface area contributed by atoms with Gasteiger partial charge in [0.2, 0.25) is 0 Å². The van der Waals surface area contributed by atoms with Crippen LogP contribution in [0.25, 0.3) is 6.08 Å². The lowest BCUT2D eigenvalue weighted by Crippen LogP contribution is -2.22. The third-order valence-electron chi connectivity index (χ3n) is 3.32. The molecule has 0 bridgehead atoms. The quantitative estimate of drug-likeness (QED) is 0.474. The molecule has 0 aromatic heterocycles. The first-order valence-electron chi connectivity index (χ1n) is 7.19. The largest absolute Gasteiger partial charge is 0.496 e. The third-order valence-corrected chi connectivity index (χ3v) is 4.60. The van der Waals surface area contributed by atoms with Crippen molar-refractivity contribution in [2.45, 2.75) is 0 Å². The number of amides is 1. The second-order valence-electron chi connectivity index (χ2n) is 4.89. The van der Waals surface area contributed by atoms with Gasteiger partial charge in [0.05, 0.1) is 18.2 Å². The Balaban J connectivity index is 1.84. The van der Waals surface area contributed by atoms with E-state index in [1.165, 1.54) is 16.8 Å². The van der Waals surface area contributed by atoms with Crippen LogP contribution >= 0.6 is 24.0 Å². The van der Waals surface area contributed by atoms with E-state index in [2.05, 4.69) is 5.10 Å². The molecule has 0 unspecified atom stereocenters. The summed E-state index contributed by atoms with van der Waals surface area (Å²) in [6.45, 7) is 0. The van der Waals surface area contributed by atoms with Gasteiger partial charge in [-0.05, 0) is 29.9 Å². The lowest BCUT2D eigenvalue weighted by molar-refractivity contribution is -0.122. The van der Waals surface area contributed by atoms with Crippen molar-refractivity contribution in [1.29, 1.82) is 0 Å². The van der Waals surface area contributed by atoms with E-state index in [0.717, 1.165) is 11.1 Å². The molecule has 0 radical (unpaired) electrons. The topological polar surface area (TPSA) is 41.9 Å². The number of para-hydroxylation sites is 1. The number of ether oxygens (including phenoxy) is 1. The van der Waals surface area contributed by atoms with Crippen LogP contribution < -0.4 is 4.74 Å². The van der Waals surface area contributed by atoms with Crippen LogP contribution in [0.3, 0.4) is 0 Å². The summed E-state index contributed by atoms with van der Waals surface area (Å²) in [5.41, 5.74) is 1.73. The molecule has 0 atom stereocenters. The molecule has 24 heavy (non-hydrogen) atoms. The molecule has 120 valence electrons. The predicted molar refractivity (Wildman–Crippen MR) is 102 cm³/mol. The predicted octanol–water partition coefficient (Wildman–Crippen LogP) is 3.93. The smallest absolute Gasteiger partial charge is 0.286 e. The summed E-state index contributed by atoms with van der Waals surface area (Å²) in [5, 5.41) is 5.46. The monoisotopic (exact) mass is 354 g/mol. The van der Waals surface area contributed by atoms with Crippen molar-refractivity contribution in [3.8, 4) is 5.75 Å². The number of benzene rings is 2. The number of hydrogen-bond acceptors (Lipinski definition) is 5. The Hall–Kier alpha value is -2.44. The van der Waals surface area contributed by atoms with E-state index in [0.29, 0.717) is 15.0 Å². The summed E-state index contributed by atoms with van der Waals surface area (Å²) in [5.74, 6) is 0.471. The number of carbonyl (C=O) groups is 1. The Morgan fingerprint density at radius 1 is 1.12 bits per heavy atom. The molecule has 0 N–H and O–H groups in total. The molecule has 2 aromatic carbocycles. The third kappa shape index (κ3) is 3.55. The van der Waals surface area contributed by atoms with E-state index in [9.17, 15) is 4.79 Å². The van der Waals surface area contributed by atoms with Crippen LogP contribution in [0.5, 0.6) is 5.75 Å². The molecule has 4 nitrogen and oxygen atoms in total. The van der Waals surface area contributed by atoms with E-state index < -0.39 is 0 Å². The zero-order chi connectivity index (χ0) is 16.9. The number of thiocarbonyl (C=S) groups is 1. The van der Waals surface area contributed by atoms with E-state index in [1.54, 1.807) is 19.4 Å². The van der Waals surface area contributed by atoms with Gasteiger partial charge in [0.15, 0.2) is 4.32 Å². The van der Waals surface area contributed by atoms with Gasteiger partial charge in [-0.3, -0.25) is 4.79 Å². The molecule has 0 aliphatic carbocycles. The van der Waals surface area contributed by atoms with Gasteiger partial charge in [0.1, 0.15) is 5.75 Å². The fraction of sp³-hybridized carbons (Fsp3) is 0.0556. The number of carbonyl (C=O) groups excluding carboxylic acids is 1. The molecule has 2 aromatic rings. The highest BCUT2D eigenvalue weighted by Gasteiger charge is 2.32. The normalized spacial score (nSPS) is 16.4. The SMILES string of the molecule is COc1ccccc1C=C1SC(=S)N(N=Cc2ccccc2)C1=O. The molecule has 0 spiro atoms. The molecule has 1 saturated heterocycles. The van der Waals surface area contributed by atoms with E-state index in [1.807, 2.05) is 54.6 Å². The Labute approximate surface area is 149 Å². The van der Waals surface area contributed by atoms with Crippen molar-refractivity contribution < 1.29 is 9.53 Å². The molecule has 6 heteroatoms. The van der Waals surface area contributed by atoms with Crippen molar-refractivity contribution >= 4 is 46.5 Å². The van der Waals surface area contributed by atoms with Crippen molar-refractivity contribution in [2.75, 3.05) is 7.11 Å². The maximum atomic E-state index is 12.5. The van der Waals surface area contributed by atoms with Gasteiger partial charge < -0.3 is 4.74 Å². The maximum Gasteiger partial charge on any atom is 0.286 e. The highest BCUT2D eigenvalue weighted by atomic mass is 32.2. The highest BCUT2D eigenvalue weighted by molar-refractivity contribution is 8.26. The first-order valence-corrected chi connectivity index (χ1v) is 8.41. The number of thioether (sulfide) groups is 1. The average Bonchev–Trinajstić information content (AvgIpc) is 2.88. The fourth-order valence-electron chi connectivity index (χ4n) is 2.15. The average molecular weight is 354 g/mol. The molecule has 0 saturated carbocycles. The highest BCUT2D eigenvalue weighted by Crippen LogP contribution is 2.34. The van der Waals surface area contributed by atoms with Crippen molar-refractivity contribution in [3.05, 3.63) is 70.6 Å². The Bertz CT molecular complexity index is 832. The molecule has 1 heterocycles. The molecule has 1 fully saturated rings. The zero-order valence-electron chi connectivity index (χ0n) is 12.9. The van der Waals surface area contributed by atoms with Crippen LogP contribution in [0.15, 0.2) is 64.6 Å². The molecule has 1 aliphatic heterocycles. The van der Waals surface area contributed by atoms with Gasteiger partial charge in [-0.2, -0.15) is 10.1 Å². The van der Waals surface area contributed by atoms with Gasteiger partial charge >= 0.3 is 0 Å². The van der Waals surface area contributed by atoms with Crippen LogP contribution in [0.2, 0.25) is 0 Å². The summed E-state index contributed by atoms with van der Waals surface area (Å²) in [6.07, 6.45) is 3.40. The van der Waals surface area contributed by atoms with Crippen LogP contribution in [-0.4, -0.2) is 28.6 Å². The van der Waals surface area contributed by atoms with Crippen molar-refractivity contribution in [3.63, 3.8) is 0 Å². The molecule has 1 aliphatic rings. The van der Waals surface area contributed by atoms with Crippen LogP contribution in [0, 0.1) is 0 Å². The zero-order valence-corrected chi connectivity index (χ0v) is 14.5. The van der Waals surface area contributed by atoms with Crippen molar-refractivity contribution in [2.24, 2.45) is 5.10 Å². The summed E-state index contributed by atoms with van der Waals surface area (Å²) < 4.78 is 5.72. The van der Waals surface area contributed by atoms with Gasteiger partial charge in [-0.25, -0.2) is 0 Å². The molecule has 1 amide bonds. The summed E-state index contributed by atoms with van der Waals surface area (Å²) in [7, 11) is 1.60.